The summed E-state index contributed by atoms with van der Waals surface area (Å²) >= 11 is 0. The normalized spacial score (nSPS) is 28.3. The van der Waals surface area contributed by atoms with Crippen molar-refractivity contribution in [2.24, 2.45) is 10.4 Å². The summed E-state index contributed by atoms with van der Waals surface area (Å²) in [7, 11) is 1.94. The Morgan fingerprint density at radius 1 is 1.00 bits per heavy atom. The molecule has 10 heteroatoms. The number of amides is 3. The zero-order chi connectivity index (χ0) is 27.3. The molecule has 3 amide bonds. The quantitative estimate of drug-likeness (QED) is 0.443. The molecular weight excluding hydrogens is 494 g/mol. The van der Waals surface area contributed by atoms with Crippen LogP contribution in [0, 0.1) is 5.41 Å². The second kappa shape index (κ2) is 9.97. The third-order valence-electron chi connectivity index (χ3n) is 9.12. The number of hydrogen-bond acceptors (Lipinski definition) is 8. The highest BCUT2D eigenvalue weighted by atomic mass is 16.2. The zero-order valence-electron chi connectivity index (χ0n) is 23.2. The lowest BCUT2D eigenvalue weighted by Crippen LogP contribution is -2.59. The van der Waals surface area contributed by atoms with Gasteiger partial charge in [-0.1, -0.05) is 12.8 Å². The van der Waals surface area contributed by atoms with Crippen LogP contribution in [0.1, 0.15) is 52.4 Å². The van der Waals surface area contributed by atoms with Gasteiger partial charge in [0.2, 0.25) is 17.7 Å². The van der Waals surface area contributed by atoms with Gasteiger partial charge < -0.3 is 15.1 Å². The van der Waals surface area contributed by atoms with Gasteiger partial charge in [-0.15, -0.1) is 0 Å². The smallest absolute Gasteiger partial charge is 0.244 e. The van der Waals surface area contributed by atoms with E-state index in [-0.39, 0.29) is 30.7 Å². The molecule has 0 radical (unpaired) electrons. The number of rotatable bonds is 5. The maximum Gasteiger partial charge on any atom is 0.244 e. The molecule has 1 spiro atoms. The summed E-state index contributed by atoms with van der Waals surface area (Å²) in [5, 5.41) is 5.89. The van der Waals surface area contributed by atoms with Crippen molar-refractivity contribution in [3.63, 3.8) is 0 Å². The van der Waals surface area contributed by atoms with Crippen molar-refractivity contribution in [1.29, 1.82) is 0 Å². The Hall–Kier alpha value is -3.40. The van der Waals surface area contributed by atoms with E-state index in [1.807, 2.05) is 16.8 Å². The molecule has 2 unspecified atom stereocenters. The van der Waals surface area contributed by atoms with E-state index in [2.05, 4.69) is 58.5 Å². The molecule has 1 aromatic rings. The molecule has 39 heavy (non-hydrogen) atoms. The van der Waals surface area contributed by atoms with Crippen LogP contribution in [0.25, 0.3) is 0 Å². The largest absolute Gasteiger partial charge is 0.369 e. The molecule has 5 aliphatic rings. The van der Waals surface area contributed by atoms with E-state index in [1.54, 1.807) is 6.21 Å². The van der Waals surface area contributed by atoms with Gasteiger partial charge in [-0.2, -0.15) is 0 Å². The molecule has 2 atom stereocenters. The first-order valence-corrected chi connectivity index (χ1v) is 14.3. The van der Waals surface area contributed by atoms with Gasteiger partial charge in [0.05, 0.1) is 6.42 Å². The Morgan fingerprint density at radius 3 is 2.31 bits per heavy atom. The van der Waals surface area contributed by atoms with Gasteiger partial charge >= 0.3 is 0 Å². The lowest BCUT2D eigenvalue weighted by atomic mass is 9.75. The van der Waals surface area contributed by atoms with Crippen LogP contribution in [0.4, 0.5) is 11.4 Å². The summed E-state index contributed by atoms with van der Waals surface area (Å²) in [5.41, 5.74) is 1.64. The van der Waals surface area contributed by atoms with E-state index in [1.165, 1.54) is 5.69 Å². The number of anilines is 2. The minimum Gasteiger partial charge on any atom is -0.369 e. The molecule has 0 aromatic heterocycles. The van der Waals surface area contributed by atoms with E-state index in [0.29, 0.717) is 6.04 Å². The predicted molar refractivity (Wildman–Crippen MR) is 150 cm³/mol. The van der Waals surface area contributed by atoms with Crippen molar-refractivity contribution in [3.8, 4) is 0 Å². The monoisotopic (exact) mass is 533 g/mol. The molecular formula is C29H39N7O3. The second-order valence-electron chi connectivity index (χ2n) is 11.8. The van der Waals surface area contributed by atoms with E-state index < -0.39 is 17.6 Å². The number of aliphatic imine (C=N–C) groups is 1. The fourth-order valence-electron chi connectivity index (χ4n) is 6.85. The summed E-state index contributed by atoms with van der Waals surface area (Å²) in [6, 6.07) is 9.07. The van der Waals surface area contributed by atoms with Gasteiger partial charge in [0.1, 0.15) is 11.2 Å². The highest BCUT2D eigenvalue weighted by Gasteiger charge is 2.59. The SMILES string of the molecule is CC(C)N1CCN(c2ccc(NC3N=CC4=C(N3C)N(C3CCCC3)C(=O)C3(CC(=O)NC3=O)C4)cc2)CC1. The van der Waals surface area contributed by atoms with Crippen LogP contribution in [0.5, 0.6) is 0 Å². The third kappa shape index (κ3) is 4.48. The van der Waals surface area contributed by atoms with Gasteiger partial charge in [0.25, 0.3) is 0 Å². The molecule has 3 fully saturated rings. The fraction of sp³-hybridized carbons (Fsp3) is 0.586. The molecule has 2 N–H and O–H groups in total. The molecule has 208 valence electrons. The molecule has 4 aliphatic heterocycles. The molecule has 0 bridgehead atoms. The van der Waals surface area contributed by atoms with Gasteiger partial charge in [-0.05, 0) is 51.0 Å². The van der Waals surface area contributed by atoms with Gasteiger partial charge in [0.15, 0.2) is 6.29 Å². The number of nitrogens with one attached hydrogen (secondary N) is 2. The Bertz CT molecular complexity index is 1210. The molecule has 10 nitrogen and oxygen atoms in total. The number of piperazine rings is 1. The van der Waals surface area contributed by atoms with Gasteiger partial charge in [-0.3, -0.25) is 29.5 Å². The van der Waals surface area contributed by atoms with Crippen LogP contribution in [-0.2, 0) is 14.4 Å². The Balaban J connectivity index is 1.20. The number of imide groups is 1. The predicted octanol–water partition coefficient (Wildman–Crippen LogP) is 2.35. The Morgan fingerprint density at radius 2 is 1.69 bits per heavy atom. The van der Waals surface area contributed by atoms with Gasteiger partial charge in [-0.25, -0.2) is 4.99 Å². The minimum absolute atomic E-state index is 0.0215. The van der Waals surface area contributed by atoms with Crippen molar-refractivity contribution >= 4 is 35.3 Å². The van der Waals surface area contributed by atoms with Crippen LogP contribution in [-0.4, -0.2) is 90.2 Å². The first-order valence-electron chi connectivity index (χ1n) is 14.3. The average molecular weight is 534 g/mol. The second-order valence-corrected chi connectivity index (χ2v) is 11.8. The van der Waals surface area contributed by atoms with Crippen LogP contribution in [0.3, 0.4) is 0 Å². The third-order valence-corrected chi connectivity index (χ3v) is 9.12. The fourth-order valence-corrected chi connectivity index (χ4v) is 6.85. The van der Waals surface area contributed by atoms with Crippen LogP contribution in [0.2, 0.25) is 0 Å². The number of carbonyl (C=O) groups is 3. The molecule has 2 saturated heterocycles. The standard InChI is InChI=1S/C29H39N7O3/c1-19(2)34-12-14-35(15-13-34)22-10-8-21(9-11-22)31-28-30-18-20-16-29(17-24(37)32-26(29)38)27(39)36(25(20)33(28)3)23-6-4-5-7-23/h8-11,18-19,23,28,31H,4-7,12-17H2,1-3H3,(H,32,37,38). The molecule has 1 aromatic carbocycles. The van der Waals surface area contributed by atoms with E-state index in [4.69, 9.17) is 4.99 Å². The lowest BCUT2D eigenvalue weighted by Gasteiger charge is -2.48. The molecule has 4 heterocycles. The summed E-state index contributed by atoms with van der Waals surface area (Å²) < 4.78 is 0. The summed E-state index contributed by atoms with van der Waals surface area (Å²) in [6.07, 6.45) is 5.38. The first kappa shape index (κ1) is 25.9. The van der Waals surface area contributed by atoms with Crippen molar-refractivity contribution in [1.82, 2.24) is 20.0 Å². The van der Waals surface area contributed by atoms with E-state index in [0.717, 1.165) is 68.9 Å². The first-order chi connectivity index (χ1) is 18.8. The van der Waals surface area contributed by atoms with Crippen molar-refractivity contribution < 1.29 is 14.4 Å². The van der Waals surface area contributed by atoms with Crippen LogP contribution in [0.15, 0.2) is 40.7 Å². The van der Waals surface area contributed by atoms with Crippen LogP contribution < -0.4 is 15.5 Å². The number of hydrogen-bond donors (Lipinski definition) is 2. The van der Waals surface area contributed by atoms with Crippen LogP contribution >= 0.6 is 0 Å². The Kier molecular flexibility index (Phi) is 6.61. The zero-order valence-corrected chi connectivity index (χ0v) is 23.2. The lowest BCUT2D eigenvalue weighted by molar-refractivity contribution is -0.151. The molecule has 1 aliphatic carbocycles. The number of benzene rings is 1. The van der Waals surface area contributed by atoms with Crippen molar-refractivity contribution in [2.75, 3.05) is 43.4 Å². The van der Waals surface area contributed by atoms with Crippen molar-refractivity contribution in [2.45, 2.75) is 70.7 Å². The van der Waals surface area contributed by atoms with E-state index >= 15 is 0 Å². The molecule has 6 rings (SSSR count). The highest BCUT2D eigenvalue weighted by molar-refractivity contribution is 6.19. The highest BCUT2D eigenvalue weighted by Crippen LogP contribution is 2.46. The summed E-state index contributed by atoms with van der Waals surface area (Å²) in [4.78, 5) is 52.6. The maximum absolute atomic E-state index is 14.0. The molecule has 1 saturated carbocycles. The topological polar surface area (TPSA) is 101 Å². The number of carbonyl (C=O) groups excluding carboxylic acids is 3. The minimum atomic E-state index is -1.36. The average Bonchev–Trinajstić information content (AvgIpc) is 3.55. The number of nitrogens with zero attached hydrogens (tertiary/aromatic N) is 5. The summed E-state index contributed by atoms with van der Waals surface area (Å²) in [6.45, 7) is 8.69. The maximum atomic E-state index is 14.0. The summed E-state index contributed by atoms with van der Waals surface area (Å²) in [5.74, 6) is -0.306. The Labute approximate surface area is 230 Å². The van der Waals surface area contributed by atoms with E-state index in [9.17, 15) is 14.4 Å². The number of allylic oxidation sites excluding steroid dienone is 1. The van der Waals surface area contributed by atoms with Crippen molar-refractivity contribution in [3.05, 3.63) is 35.7 Å². The van der Waals surface area contributed by atoms with Gasteiger partial charge in [0, 0.05) is 74.9 Å².